The molecule has 13 heavy (non-hydrogen) atoms. The van der Waals surface area contributed by atoms with Crippen LogP contribution < -0.4 is 5.73 Å². The van der Waals surface area contributed by atoms with Crippen molar-refractivity contribution < 1.29 is 5.11 Å². The third-order valence-electron chi connectivity index (χ3n) is 1.98. The molecule has 0 saturated carbocycles. The molecule has 1 aromatic rings. The van der Waals surface area contributed by atoms with Gasteiger partial charge < -0.3 is 10.8 Å². The highest BCUT2D eigenvalue weighted by Crippen LogP contribution is 2.07. The standard InChI is InChI=1S/C11H15NO/c1-9(11(12)8-13)7-10-5-3-2-4-6-10/h2-7,11,13H,8,12H2,1H3. The molecule has 1 aromatic carbocycles. The zero-order valence-corrected chi connectivity index (χ0v) is 7.77. The third-order valence-corrected chi connectivity index (χ3v) is 1.98. The van der Waals surface area contributed by atoms with E-state index in [4.69, 9.17) is 10.8 Å². The Morgan fingerprint density at radius 1 is 1.46 bits per heavy atom. The fourth-order valence-electron chi connectivity index (χ4n) is 1.06. The Bertz CT molecular complexity index is 279. The van der Waals surface area contributed by atoms with E-state index in [2.05, 4.69) is 0 Å². The summed E-state index contributed by atoms with van der Waals surface area (Å²) in [7, 11) is 0. The minimum absolute atomic E-state index is 0.00479. The molecule has 2 nitrogen and oxygen atoms in total. The van der Waals surface area contributed by atoms with Crippen LogP contribution in [0.4, 0.5) is 0 Å². The number of aliphatic hydroxyl groups excluding tert-OH is 1. The minimum atomic E-state index is -0.250. The Labute approximate surface area is 78.7 Å². The van der Waals surface area contributed by atoms with Crippen molar-refractivity contribution in [3.05, 3.63) is 41.5 Å². The zero-order chi connectivity index (χ0) is 9.68. The monoisotopic (exact) mass is 177 g/mol. The van der Waals surface area contributed by atoms with Gasteiger partial charge in [0.05, 0.1) is 6.61 Å². The molecule has 0 amide bonds. The van der Waals surface area contributed by atoms with Crippen LogP contribution in [0.5, 0.6) is 0 Å². The van der Waals surface area contributed by atoms with Gasteiger partial charge in [0.2, 0.25) is 0 Å². The lowest BCUT2D eigenvalue weighted by molar-refractivity contribution is 0.280. The molecule has 1 unspecified atom stereocenters. The molecule has 70 valence electrons. The van der Waals surface area contributed by atoms with Crippen molar-refractivity contribution in [2.45, 2.75) is 13.0 Å². The lowest BCUT2D eigenvalue weighted by Crippen LogP contribution is -2.25. The summed E-state index contributed by atoms with van der Waals surface area (Å²) in [6, 6.07) is 9.69. The Morgan fingerprint density at radius 3 is 2.62 bits per heavy atom. The maximum atomic E-state index is 8.82. The van der Waals surface area contributed by atoms with Gasteiger partial charge in [0.1, 0.15) is 0 Å². The number of hydrogen-bond donors (Lipinski definition) is 2. The van der Waals surface area contributed by atoms with E-state index in [1.54, 1.807) is 0 Å². The molecule has 0 aliphatic heterocycles. The average molecular weight is 177 g/mol. The van der Waals surface area contributed by atoms with Gasteiger partial charge in [0.15, 0.2) is 0 Å². The second-order valence-electron chi connectivity index (χ2n) is 3.09. The smallest absolute Gasteiger partial charge is 0.0621 e. The first-order valence-corrected chi connectivity index (χ1v) is 4.33. The van der Waals surface area contributed by atoms with E-state index in [0.717, 1.165) is 11.1 Å². The van der Waals surface area contributed by atoms with E-state index in [0.29, 0.717) is 0 Å². The highest BCUT2D eigenvalue weighted by molar-refractivity contribution is 5.53. The van der Waals surface area contributed by atoms with Crippen LogP contribution in [0, 0.1) is 0 Å². The van der Waals surface area contributed by atoms with Crippen LogP contribution in [-0.4, -0.2) is 17.8 Å². The second kappa shape index (κ2) is 4.80. The number of nitrogens with two attached hydrogens (primary N) is 1. The van der Waals surface area contributed by atoms with Gasteiger partial charge >= 0.3 is 0 Å². The summed E-state index contributed by atoms with van der Waals surface area (Å²) in [4.78, 5) is 0. The van der Waals surface area contributed by atoms with Crippen LogP contribution in [-0.2, 0) is 0 Å². The predicted octanol–water partition coefficient (Wildman–Crippen LogP) is 1.41. The number of rotatable bonds is 3. The number of benzene rings is 1. The SMILES string of the molecule is CC(=Cc1ccccc1)C(N)CO. The summed E-state index contributed by atoms with van der Waals surface area (Å²) in [6.45, 7) is 1.92. The molecule has 3 N–H and O–H groups in total. The number of aliphatic hydroxyl groups is 1. The molecule has 0 bridgehead atoms. The highest BCUT2D eigenvalue weighted by atomic mass is 16.3. The van der Waals surface area contributed by atoms with Crippen LogP contribution in [0.1, 0.15) is 12.5 Å². The van der Waals surface area contributed by atoms with E-state index in [9.17, 15) is 0 Å². The molecular weight excluding hydrogens is 162 g/mol. The largest absolute Gasteiger partial charge is 0.394 e. The summed E-state index contributed by atoms with van der Waals surface area (Å²) in [5.74, 6) is 0. The molecule has 0 spiro atoms. The summed E-state index contributed by atoms with van der Waals surface area (Å²) in [6.07, 6.45) is 1.99. The Morgan fingerprint density at radius 2 is 2.08 bits per heavy atom. The lowest BCUT2D eigenvalue weighted by atomic mass is 10.1. The molecule has 1 rings (SSSR count). The zero-order valence-electron chi connectivity index (χ0n) is 7.77. The fourth-order valence-corrected chi connectivity index (χ4v) is 1.06. The van der Waals surface area contributed by atoms with Crippen LogP contribution in [0.15, 0.2) is 35.9 Å². The first-order valence-electron chi connectivity index (χ1n) is 4.33. The third kappa shape index (κ3) is 3.01. The molecule has 0 aliphatic carbocycles. The van der Waals surface area contributed by atoms with Gasteiger partial charge in [-0.15, -0.1) is 0 Å². The van der Waals surface area contributed by atoms with Crippen molar-refractivity contribution in [3.63, 3.8) is 0 Å². The predicted molar refractivity (Wildman–Crippen MR) is 55.2 cm³/mol. The lowest BCUT2D eigenvalue weighted by Gasteiger charge is -2.07. The van der Waals surface area contributed by atoms with Crippen molar-refractivity contribution in [2.75, 3.05) is 6.61 Å². The van der Waals surface area contributed by atoms with Crippen molar-refractivity contribution in [1.82, 2.24) is 0 Å². The van der Waals surface area contributed by atoms with Crippen molar-refractivity contribution >= 4 is 6.08 Å². The first kappa shape index (κ1) is 9.96. The topological polar surface area (TPSA) is 46.2 Å². The number of hydrogen-bond acceptors (Lipinski definition) is 2. The van der Waals surface area contributed by atoms with Crippen molar-refractivity contribution in [1.29, 1.82) is 0 Å². The van der Waals surface area contributed by atoms with Crippen LogP contribution in [0.25, 0.3) is 6.08 Å². The van der Waals surface area contributed by atoms with Crippen molar-refractivity contribution in [2.24, 2.45) is 5.73 Å². The van der Waals surface area contributed by atoms with Gasteiger partial charge in [0, 0.05) is 6.04 Å². The average Bonchev–Trinajstić information content (AvgIpc) is 2.18. The Kier molecular flexibility index (Phi) is 3.68. The quantitative estimate of drug-likeness (QED) is 0.733. The Balaban J connectivity index is 2.77. The molecule has 1 atom stereocenters. The maximum Gasteiger partial charge on any atom is 0.0621 e. The molecule has 0 aliphatic rings. The van der Waals surface area contributed by atoms with E-state index in [-0.39, 0.29) is 12.6 Å². The van der Waals surface area contributed by atoms with Gasteiger partial charge in [-0.3, -0.25) is 0 Å². The van der Waals surface area contributed by atoms with Gasteiger partial charge in [-0.1, -0.05) is 42.0 Å². The van der Waals surface area contributed by atoms with E-state index in [1.165, 1.54) is 0 Å². The Hall–Kier alpha value is -1.12. The summed E-state index contributed by atoms with van der Waals surface area (Å²) >= 11 is 0. The second-order valence-corrected chi connectivity index (χ2v) is 3.09. The van der Waals surface area contributed by atoms with Gasteiger partial charge in [-0.25, -0.2) is 0 Å². The molecule has 0 heterocycles. The van der Waals surface area contributed by atoms with Crippen LogP contribution in [0.3, 0.4) is 0 Å². The van der Waals surface area contributed by atoms with E-state index < -0.39 is 0 Å². The van der Waals surface area contributed by atoms with Crippen LogP contribution in [0.2, 0.25) is 0 Å². The minimum Gasteiger partial charge on any atom is -0.394 e. The summed E-state index contributed by atoms with van der Waals surface area (Å²) in [5, 5.41) is 8.82. The highest BCUT2D eigenvalue weighted by Gasteiger charge is 2.01. The molecule has 0 fully saturated rings. The molecular formula is C11H15NO. The van der Waals surface area contributed by atoms with Gasteiger partial charge in [0.25, 0.3) is 0 Å². The normalized spacial score (nSPS) is 14.2. The van der Waals surface area contributed by atoms with E-state index >= 15 is 0 Å². The molecule has 0 aromatic heterocycles. The molecule has 0 radical (unpaired) electrons. The molecule has 0 saturated heterocycles. The fraction of sp³-hybridized carbons (Fsp3) is 0.273. The molecule has 2 heteroatoms. The van der Waals surface area contributed by atoms with Crippen LogP contribution >= 0.6 is 0 Å². The van der Waals surface area contributed by atoms with Gasteiger partial charge in [-0.2, -0.15) is 0 Å². The summed E-state index contributed by atoms with van der Waals surface area (Å²) in [5.41, 5.74) is 7.75. The van der Waals surface area contributed by atoms with E-state index in [1.807, 2.05) is 43.3 Å². The first-order chi connectivity index (χ1) is 6.24. The van der Waals surface area contributed by atoms with Gasteiger partial charge in [-0.05, 0) is 12.5 Å². The summed E-state index contributed by atoms with van der Waals surface area (Å²) < 4.78 is 0. The maximum absolute atomic E-state index is 8.82. The van der Waals surface area contributed by atoms with Crippen molar-refractivity contribution in [3.8, 4) is 0 Å².